The number of halogens is 3. The first kappa shape index (κ1) is 18.7. The van der Waals surface area contributed by atoms with Crippen LogP contribution in [0.4, 0.5) is 18.9 Å². The minimum absolute atomic E-state index is 0.0614. The Hall–Kier alpha value is -2.61. The number of aromatic nitrogens is 1. The number of alkyl halides is 3. The lowest BCUT2D eigenvalue weighted by molar-refractivity contribution is -0.137. The highest BCUT2D eigenvalue weighted by Gasteiger charge is 2.31. The summed E-state index contributed by atoms with van der Waals surface area (Å²) in [5.74, 6) is -0.0614. The number of fused-ring (bicyclic) bond motifs is 1. The lowest BCUT2D eigenvalue weighted by Crippen LogP contribution is -2.44. The Balaban J connectivity index is 1.47. The van der Waals surface area contributed by atoms with Crippen LogP contribution in [-0.4, -0.2) is 30.0 Å². The number of piperidine rings is 1. The molecule has 146 valence electrons. The van der Waals surface area contributed by atoms with E-state index in [9.17, 15) is 18.0 Å². The van der Waals surface area contributed by atoms with Gasteiger partial charge in [0.2, 0.25) is 0 Å². The molecule has 1 aliphatic heterocycles. The molecular formula is C20H18F3N3OS. The summed E-state index contributed by atoms with van der Waals surface area (Å²) in [5.41, 5.74) is 1.19. The Morgan fingerprint density at radius 2 is 1.96 bits per heavy atom. The van der Waals surface area contributed by atoms with Gasteiger partial charge in [-0.2, -0.15) is 24.5 Å². The summed E-state index contributed by atoms with van der Waals surface area (Å²) in [6.07, 6.45) is -1.28. The average molecular weight is 405 g/mol. The highest BCUT2D eigenvalue weighted by Crippen LogP contribution is 2.34. The summed E-state index contributed by atoms with van der Waals surface area (Å²) >= 11 is 1.49. The third-order valence-electron chi connectivity index (χ3n) is 5.00. The molecule has 8 heteroatoms. The van der Waals surface area contributed by atoms with Gasteiger partial charge in [0.15, 0.2) is 0 Å². The number of anilines is 1. The second kappa shape index (κ2) is 7.43. The summed E-state index contributed by atoms with van der Waals surface area (Å²) in [6.45, 7) is 1.43. The highest BCUT2D eigenvalue weighted by molar-refractivity contribution is 7.08. The molecular weight excluding hydrogens is 387 g/mol. The van der Waals surface area contributed by atoms with Crippen molar-refractivity contribution in [2.24, 2.45) is 0 Å². The minimum atomic E-state index is -4.38. The number of rotatable bonds is 3. The molecule has 0 aliphatic carbocycles. The van der Waals surface area contributed by atoms with Crippen LogP contribution < -0.4 is 10.2 Å². The number of amides is 1. The topological polar surface area (TPSA) is 45.2 Å². The van der Waals surface area contributed by atoms with Gasteiger partial charge in [0.05, 0.1) is 11.1 Å². The fraction of sp³-hybridized carbons (Fsp3) is 0.300. The molecule has 4 nitrogen and oxygen atoms in total. The first-order valence-electron chi connectivity index (χ1n) is 8.96. The Labute approximate surface area is 164 Å². The molecule has 3 aromatic rings. The first-order valence-corrected chi connectivity index (χ1v) is 9.90. The third kappa shape index (κ3) is 3.82. The molecule has 0 radical (unpaired) electrons. The molecule has 1 aliphatic rings. The molecule has 2 aromatic heterocycles. The zero-order valence-corrected chi connectivity index (χ0v) is 15.7. The molecule has 28 heavy (non-hydrogen) atoms. The van der Waals surface area contributed by atoms with E-state index in [2.05, 4.69) is 15.2 Å². The highest BCUT2D eigenvalue weighted by atomic mass is 32.1. The van der Waals surface area contributed by atoms with Crippen LogP contribution in [0.3, 0.4) is 0 Å². The molecule has 1 fully saturated rings. The molecule has 1 aromatic carbocycles. The van der Waals surface area contributed by atoms with E-state index in [1.807, 2.05) is 16.8 Å². The van der Waals surface area contributed by atoms with Gasteiger partial charge in [-0.15, -0.1) is 0 Å². The lowest BCUT2D eigenvalue weighted by Gasteiger charge is -2.34. The van der Waals surface area contributed by atoms with Gasteiger partial charge in [-0.1, -0.05) is 6.07 Å². The zero-order valence-electron chi connectivity index (χ0n) is 14.9. The normalized spacial score (nSPS) is 15.8. The van der Waals surface area contributed by atoms with Crippen LogP contribution in [-0.2, 0) is 6.18 Å². The van der Waals surface area contributed by atoms with Crippen molar-refractivity contribution < 1.29 is 18.0 Å². The molecule has 3 heterocycles. The van der Waals surface area contributed by atoms with E-state index in [4.69, 9.17) is 0 Å². The van der Waals surface area contributed by atoms with E-state index in [0.29, 0.717) is 29.6 Å². The van der Waals surface area contributed by atoms with Crippen LogP contribution in [0.1, 0.15) is 28.8 Å². The van der Waals surface area contributed by atoms with Gasteiger partial charge in [0.1, 0.15) is 0 Å². The molecule has 0 bridgehead atoms. The molecule has 1 N–H and O–H groups in total. The first-order chi connectivity index (χ1) is 13.4. The van der Waals surface area contributed by atoms with Crippen molar-refractivity contribution in [1.82, 2.24) is 10.3 Å². The van der Waals surface area contributed by atoms with E-state index in [1.54, 1.807) is 12.3 Å². The second-order valence-electron chi connectivity index (χ2n) is 6.81. The molecule has 4 rings (SSSR count). The van der Waals surface area contributed by atoms with Gasteiger partial charge in [-0.25, -0.2) is 0 Å². The van der Waals surface area contributed by atoms with Gasteiger partial charge in [-0.05, 0) is 42.5 Å². The largest absolute Gasteiger partial charge is 0.416 e. The summed E-state index contributed by atoms with van der Waals surface area (Å²) < 4.78 is 38.8. The van der Waals surface area contributed by atoms with E-state index >= 15 is 0 Å². The Morgan fingerprint density at radius 3 is 2.64 bits per heavy atom. The monoisotopic (exact) mass is 405 g/mol. The van der Waals surface area contributed by atoms with E-state index in [1.165, 1.54) is 17.4 Å². The minimum Gasteiger partial charge on any atom is -0.371 e. The smallest absolute Gasteiger partial charge is 0.371 e. The van der Waals surface area contributed by atoms with Crippen molar-refractivity contribution in [3.05, 3.63) is 58.4 Å². The van der Waals surface area contributed by atoms with Crippen molar-refractivity contribution in [2.45, 2.75) is 25.1 Å². The Kier molecular flexibility index (Phi) is 4.97. The fourth-order valence-corrected chi connectivity index (χ4v) is 4.15. The molecule has 0 unspecified atom stereocenters. The van der Waals surface area contributed by atoms with Gasteiger partial charge >= 0.3 is 6.18 Å². The number of carbonyl (C=O) groups excluding carboxylic acids is 1. The Morgan fingerprint density at radius 1 is 1.18 bits per heavy atom. The lowest BCUT2D eigenvalue weighted by atomic mass is 10.0. The molecule has 1 amide bonds. The molecule has 0 atom stereocenters. The maximum absolute atomic E-state index is 12.9. The number of pyridine rings is 1. The predicted molar refractivity (Wildman–Crippen MR) is 104 cm³/mol. The molecule has 0 saturated carbocycles. The summed E-state index contributed by atoms with van der Waals surface area (Å²) in [5, 5.41) is 7.46. The van der Waals surface area contributed by atoms with Crippen molar-refractivity contribution in [2.75, 3.05) is 18.0 Å². The van der Waals surface area contributed by atoms with Crippen molar-refractivity contribution in [1.29, 1.82) is 0 Å². The van der Waals surface area contributed by atoms with Crippen molar-refractivity contribution in [3.8, 4) is 0 Å². The van der Waals surface area contributed by atoms with E-state index < -0.39 is 11.7 Å². The predicted octanol–water partition coefficient (Wildman–Crippen LogP) is 4.71. The van der Waals surface area contributed by atoms with E-state index in [0.717, 1.165) is 30.7 Å². The van der Waals surface area contributed by atoms with Crippen LogP contribution >= 0.6 is 11.3 Å². The van der Waals surface area contributed by atoms with Gasteiger partial charge < -0.3 is 10.2 Å². The number of benzene rings is 1. The number of hydrogen-bond acceptors (Lipinski definition) is 4. The summed E-state index contributed by atoms with van der Waals surface area (Å²) in [6, 6.07) is 7.40. The summed E-state index contributed by atoms with van der Waals surface area (Å²) in [7, 11) is 0. The molecule has 0 spiro atoms. The number of thiophene rings is 1. The number of hydrogen-bond donors (Lipinski definition) is 1. The summed E-state index contributed by atoms with van der Waals surface area (Å²) in [4.78, 5) is 18.4. The van der Waals surface area contributed by atoms with Crippen LogP contribution in [0, 0.1) is 0 Å². The van der Waals surface area contributed by atoms with Crippen LogP contribution in [0.25, 0.3) is 10.9 Å². The maximum Gasteiger partial charge on any atom is 0.416 e. The zero-order chi connectivity index (χ0) is 19.7. The maximum atomic E-state index is 12.9. The van der Waals surface area contributed by atoms with Crippen molar-refractivity contribution in [3.63, 3.8) is 0 Å². The standard InChI is InChI=1S/C20H18F3N3OS/c21-20(22,23)14-1-2-16-17(11-14)24-7-3-18(16)26-8-4-15(5-9-26)25-19(27)13-6-10-28-12-13/h1-3,6-7,10-12,15H,4-5,8-9H2,(H,25,27). The fourth-order valence-electron chi connectivity index (χ4n) is 3.51. The van der Waals surface area contributed by atoms with Crippen molar-refractivity contribution >= 4 is 33.8 Å². The number of nitrogens with one attached hydrogen (secondary N) is 1. The van der Waals surface area contributed by atoms with Gasteiger partial charge in [0, 0.05) is 47.3 Å². The average Bonchev–Trinajstić information content (AvgIpc) is 3.22. The molecule has 1 saturated heterocycles. The van der Waals surface area contributed by atoms with Crippen LogP contribution in [0.15, 0.2) is 47.3 Å². The Bertz CT molecular complexity index is 980. The quantitative estimate of drug-likeness (QED) is 0.686. The van der Waals surface area contributed by atoms with E-state index in [-0.39, 0.29) is 11.9 Å². The number of nitrogens with zero attached hydrogens (tertiary/aromatic N) is 2. The van der Waals surface area contributed by atoms with Crippen LogP contribution in [0.2, 0.25) is 0 Å². The second-order valence-corrected chi connectivity index (χ2v) is 7.59. The van der Waals surface area contributed by atoms with Crippen LogP contribution in [0.5, 0.6) is 0 Å². The third-order valence-corrected chi connectivity index (χ3v) is 5.68. The SMILES string of the molecule is O=C(NC1CCN(c2ccnc3cc(C(F)(F)F)ccc23)CC1)c1ccsc1. The van der Waals surface area contributed by atoms with Gasteiger partial charge in [-0.3, -0.25) is 9.78 Å². The van der Waals surface area contributed by atoms with Gasteiger partial charge in [0.25, 0.3) is 5.91 Å². The number of carbonyl (C=O) groups is 1.